The minimum absolute atomic E-state index is 0.114. The molecule has 0 aromatic heterocycles. The first-order valence-electron chi connectivity index (χ1n) is 7.58. The van der Waals surface area contributed by atoms with Gasteiger partial charge < -0.3 is 15.0 Å². The average molecular weight is 292 g/mol. The molecule has 0 aliphatic carbocycles. The van der Waals surface area contributed by atoms with Crippen LogP contribution in [-0.4, -0.2) is 44.2 Å². The van der Waals surface area contributed by atoms with Crippen LogP contribution >= 0.6 is 0 Å². The Balaban J connectivity index is 2.17. The van der Waals surface area contributed by atoms with E-state index in [1.807, 2.05) is 19.9 Å². The van der Waals surface area contributed by atoms with Crippen LogP contribution in [0.5, 0.6) is 0 Å². The highest BCUT2D eigenvalue weighted by atomic mass is 16.5. The van der Waals surface area contributed by atoms with Crippen LogP contribution in [0.1, 0.15) is 25.8 Å². The fourth-order valence-corrected chi connectivity index (χ4v) is 2.22. The highest BCUT2D eigenvalue weighted by Crippen LogP contribution is 2.05. The van der Waals surface area contributed by atoms with Gasteiger partial charge in [0.15, 0.2) is 0 Å². The molecule has 1 N–H and O–H groups in total. The summed E-state index contributed by atoms with van der Waals surface area (Å²) >= 11 is 0. The van der Waals surface area contributed by atoms with Gasteiger partial charge in [0.25, 0.3) is 0 Å². The maximum Gasteiger partial charge on any atom is 0.309 e. The summed E-state index contributed by atoms with van der Waals surface area (Å²) in [4.78, 5) is 13.7. The van der Waals surface area contributed by atoms with Crippen molar-refractivity contribution in [2.75, 3.05) is 27.2 Å². The summed E-state index contributed by atoms with van der Waals surface area (Å²) in [6, 6.07) is 10.6. The van der Waals surface area contributed by atoms with E-state index in [9.17, 15) is 4.79 Å². The third-order valence-corrected chi connectivity index (χ3v) is 3.80. The highest BCUT2D eigenvalue weighted by molar-refractivity contribution is 5.72. The van der Waals surface area contributed by atoms with E-state index in [1.54, 1.807) is 0 Å². The van der Waals surface area contributed by atoms with E-state index in [1.165, 1.54) is 12.7 Å². The molecule has 118 valence electrons. The number of hydrogen-bond acceptors (Lipinski definition) is 4. The normalized spacial score (nSPS) is 14.0. The maximum atomic E-state index is 11.4. The van der Waals surface area contributed by atoms with Gasteiger partial charge in [0.2, 0.25) is 0 Å². The maximum absolute atomic E-state index is 11.4. The standard InChI is InChI=1S/C17H28N2O2/c1-14(17(20)21-4)15(2)18-11-8-12-19(3)13-16-9-6-5-7-10-16/h5-7,9-10,14-15,18H,8,11-13H2,1-4H3. The van der Waals surface area contributed by atoms with Crippen LogP contribution in [0.2, 0.25) is 0 Å². The van der Waals surface area contributed by atoms with Gasteiger partial charge in [-0.15, -0.1) is 0 Å². The summed E-state index contributed by atoms with van der Waals surface area (Å²) in [5.41, 5.74) is 1.33. The zero-order chi connectivity index (χ0) is 15.7. The number of hydrogen-bond donors (Lipinski definition) is 1. The van der Waals surface area contributed by atoms with Crippen molar-refractivity contribution in [1.29, 1.82) is 0 Å². The van der Waals surface area contributed by atoms with Crippen molar-refractivity contribution < 1.29 is 9.53 Å². The van der Waals surface area contributed by atoms with Crippen molar-refractivity contribution in [3.8, 4) is 0 Å². The van der Waals surface area contributed by atoms with Crippen LogP contribution in [0.4, 0.5) is 0 Å². The minimum Gasteiger partial charge on any atom is -0.469 e. The SMILES string of the molecule is COC(=O)C(C)C(C)NCCCN(C)Cc1ccccc1. The van der Waals surface area contributed by atoms with Gasteiger partial charge in [-0.05, 0) is 39.0 Å². The molecule has 1 aromatic rings. The molecule has 0 aliphatic heterocycles. The lowest BCUT2D eigenvalue weighted by molar-refractivity contribution is -0.145. The Morgan fingerprint density at radius 3 is 2.57 bits per heavy atom. The van der Waals surface area contributed by atoms with E-state index >= 15 is 0 Å². The Bertz CT molecular complexity index is 409. The molecule has 2 unspecified atom stereocenters. The van der Waals surface area contributed by atoms with Crippen LogP contribution in [-0.2, 0) is 16.1 Å². The highest BCUT2D eigenvalue weighted by Gasteiger charge is 2.19. The molecule has 4 heteroatoms. The van der Waals surface area contributed by atoms with E-state index in [0.29, 0.717) is 0 Å². The summed E-state index contributed by atoms with van der Waals surface area (Å²) < 4.78 is 4.76. The number of carbonyl (C=O) groups is 1. The predicted octanol–water partition coefficient (Wildman–Crippen LogP) is 2.30. The van der Waals surface area contributed by atoms with Crippen LogP contribution in [0.3, 0.4) is 0 Å². The number of ether oxygens (including phenoxy) is 1. The molecule has 4 nitrogen and oxygen atoms in total. The molecule has 1 rings (SSSR count). The summed E-state index contributed by atoms with van der Waals surface area (Å²) in [5, 5.41) is 3.39. The molecule has 0 amide bonds. The van der Waals surface area contributed by atoms with Gasteiger partial charge in [0.05, 0.1) is 13.0 Å². The van der Waals surface area contributed by atoms with Gasteiger partial charge in [-0.3, -0.25) is 4.79 Å². The fourth-order valence-electron chi connectivity index (χ4n) is 2.22. The topological polar surface area (TPSA) is 41.6 Å². The van der Waals surface area contributed by atoms with Crippen LogP contribution in [0.15, 0.2) is 30.3 Å². The summed E-state index contributed by atoms with van der Waals surface area (Å²) in [6.07, 6.45) is 1.06. The van der Waals surface area contributed by atoms with Crippen molar-refractivity contribution in [1.82, 2.24) is 10.2 Å². The van der Waals surface area contributed by atoms with E-state index in [0.717, 1.165) is 26.1 Å². The third kappa shape index (κ3) is 6.74. The van der Waals surface area contributed by atoms with E-state index in [-0.39, 0.29) is 17.9 Å². The van der Waals surface area contributed by atoms with Crippen molar-refractivity contribution >= 4 is 5.97 Å². The zero-order valence-electron chi connectivity index (χ0n) is 13.6. The molecule has 0 saturated carbocycles. The first kappa shape index (κ1) is 17.7. The van der Waals surface area contributed by atoms with Gasteiger partial charge in [-0.1, -0.05) is 37.3 Å². The summed E-state index contributed by atoms with van der Waals surface area (Å²) in [5.74, 6) is -0.270. The predicted molar refractivity (Wildman–Crippen MR) is 86.0 cm³/mol. The molecule has 0 saturated heterocycles. The summed E-state index contributed by atoms with van der Waals surface area (Å²) in [6.45, 7) is 6.82. The molecule has 1 aromatic carbocycles. The number of esters is 1. The first-order chi connectivity index (χ1) is 10.0. The van der Waals surface area contributed by atoms with Crippen LogP contribution < -0.4 is 5.32 Å². The first-order valence-corrected chi connectivity index (χ1v) is 7.58. The van der Waals surface area contributed by atoms with Gasteiger partial charge in [0, 0.05) is 12.6 Å². The Morgan fingerprint density at radius 2 is 1.95 bits per heavy atom. The number of benzene rings is 1. The largest absolute Gasteiger partial charge is 0.469 e. The Hall–Kier alpha value is -1.39. The smallest absolute Gasteiger partial charge is 0.309 e. The molecule has 0 bridgehead atoms. The number of nitrogens with one attached hydrogen (secondary N) is 1. The molecular weight excluding hydrogens is 264 g/mol. The second-order valence-corrected chi connectivity index (χ2v) is 5.63. The van der Waals surface area contributed by atoms with E-state index < -0.39 is 0 Å². The molecule has 0 fully saturated rings. The van der Waals surface area contributed by atoms with Crippen molar-refractivity contribution in [2.45, 2.75) is 32.9 Å². The van der Waals surface area contributed by atoms with E-state index in [2.05, 4.69) is 41.5 Å². The number of rotatable bonds is 9. The van der Waals surface area contributed by atoms with E-state index in [4.69, 9.17) is 4.74 Å². The Morgan fingerprint density at radius 1 is 1.29 bits per heavy atom. The average Bonchev–Trinajstić information content (AvgIpc) is 2.50. The molecule has 0 spiro atoms. The van der Waals surface area contributed by atoms with Gasteiger partial charge in [0.1, 0.15) is 0 Å². The van der Waals surface area contributed by atoms with Crippen molar-refractivity contribution in [3.63, 3.8) is 0 Å². The van der Waals surface area contributed by atoms with Gasteiger partial charge in [-0.2, -0.15) is 0 Å². The number of carbonyl (C=O) groups excluding carboxylic acids is 1. The second kappa shape index (κ2) is 9.53. The molecule has 21 heavy (non-hydrogen) atoms. The van der Waals surface area contributed by atoms with Crippen LogP contribution in [0.25, 0.3) is 0 Å². The molecular formula is C17H28N2O2. The van der Waals surface area contributed by atoms with Crippen LogP contribution in [0, 0.1) is 5.92 Å². The number of nitrogens with zero attached hydrogens (tertiary/aromatic N) is 1. The minimum atomic E-state index is -0.156. The van der Waals surface area contributed by atoms with Crippen molar-refractivity contribution in [2.24, 2.45) is 5.92 Å². The Labute approximate surface area is 128 Å². The molecule has 0 radical (unpaired) electrons. The molecule has 0 aliphatic rings. The molecule has 0 heterocycles. The summed E-state index contributed by atoms with van der Waals surface area (Å²) in [7, 11) is 3.57. The van der Waals surface area contributed by atoms with Gasteiger partial charge >= 0.3 is 5.97 Å². The van der Waals surface area contributed by atoms with Crippen molar-refractivity contribution in [3.05, 3.63) is 35.9 Å². The number of methoxy groups -OCH3 is 1. The second-order valence-electron chi connectivity index (χ2n) is 5.63. The Kier molecular flexibility index (Phi) is 8.01. The molecule has 2 atom stereocenters. The third-order valence-electron chi connectivity index (χ3n) is 3.80. The quantitative estimate of drug-likeness (QED) is 0.560. The zero-order valence-corrected chi connectivity index (χ0v) is 13.6. The van der Waals surface area contributed by atoms with Gasteiger partial charge in [-0.25, -0.2) is 0 Å². The lowest BCUT2D eigenvalue weighted by Gasteiger charge is -2.21. The fraction of sp³-hybridized carbons (Fsp3) is 0.588. The lowest BCUT2D eigenvalue weighted by Crippen LogP contribution is -2.38. The monoisotopic (exact) mass is 292 g/mol. The lowest BCUT2D eigenvalue weighted by atomic mass is 10.0.